The van der Waals surface area contributed by atoms with E-state index in [0.717, 1.165) is 0 Å². The van der Waals surface area contributed by atoms with Crippen molar-refractivity contribution in [2.75, 3.05) is 5.73 Å². The van der Waals surface area contributed by atoms with Gasteiger partial charge in [0, 0.05) is 10.5 Å². The van der Waals surface area contributed by atoms with Crippen LogP contribution in [0.25, 0.3) is 0 Å². The molecule has 0 atom stereocenters. The first-order valence-corrected chi connectivity index (χ1v) is 5.82. The van der Waals surface area contributed by atoms with Crippen LogP contribution < -0.4 is 10.5 Å². The first kappa shape index (κ1) is 12.4. The largest absolute Gasteiger partial charge is 0.454 e. The van der Waals surface area contributed by atoms with Gasteiger partial charge < -0.3 is 10.5 Å². The summed E-state index contributed by atoms with van der Waals surface area (Å²) in [5.74, 6) is -0.00175. The van der Waals surface area contributed by atoms with Crippen LogP contribution in [0, 0.1) is 17.1 Å². The molecule has 0 heterocycles. The molecule has 18 heavy (non-hydrogen) atoms. The first-order chi connectivity index (χ1) is 8.60. The van der Waals surface area contributed by atoms with E-state index in [1.165, 1.54) is 24.3 Å². The van der Waals surface area contributed by atoms with Gasteiger partial charge in [0.05, 0.1) is 11.3 Å². The van der Waals surface area contributed by atoms with Gasteiger partial charge in [-0.2, -0.15) is 5.26 Å². The molecule has 2 N–H and O–H groups in total. The Bertz CT molecular complexity index is 637. The Balaban J connectivity index is 2.32. The Morgan fingerprint density at radius 3 is 2.67 bits per heavy atom. The van der Waals surface area contributed by atoms with Crippen LogP contribution in [-0.2, 0) is 0 Å². The topological polar surface area (TPSA) is 59.0 Å². The number of benzene rings is 2. The van der Waals surface area contributed by atoms with E-state index in [4.69, 9.17) is 15.7 Å². The van der Waals surface area contributed by atoms with Crippen molar-refractivity contribution < 1.29 is 9.13 Å². The lowest BCUT2D eigenvalue weighted by Crippen LogP contribution is -1.93. The molecule has 3 nitrogen and oxygen atoms in total. The normalized spacial score (nSPS) is 9.83. The zero-order valence-electron chi connectivity index (χ0n) is 9.15. The highest BCUT2D eigenvalue weighted by atomic mass is 79.9. The van der Waals surface area contributed by atoms with Crippen LogP contribution in [0.2, 0.25) is 0 Å². The number of nitrogen functional groups attached to an aromatic ring is 1. The van der Waals surface area contributed by atoms with Gasteiger partial charge in [0.1, 0.15) is 11.8 Å². The standard InChI is InChI=1S/C13H8BrFN2O/c14-9-2-4-11(15)13(5-9)18-10-3-1-8(7-16)12(17)6-10/h1-6H,17H2. The average molecular weight is 307 g/mol. The summed E-state index contributed by atoms with van der Waals surface area (Å²) in [6.45, 7) is 0. The number of ether oxygens (including phenoxy) is 1. The summed E-state index contributed by atoms with van der Waals surface area (Å²) < 4.78 is 19.6. The fraction of sp³-hybridized carbons (Fsp3) is 0. The Labute approximate surface area is 112 Å². The van der Waals surface area contributed by atoms with Crippen molar-refractivity contribution >= 4 is 21.6 Å². The third-order valence-electron chi connectivity index (χ3n) is 2.26. The Kier molecular flexibility index (Phi) is 3.49. The zero-order valence-corrected chi connectivity index (χ0v) is 10.7. The monoisotopic (exact) mass is 306 g/mol. The lowest BCUT2D eigenvalue weighted by molar-refractivity contribution is 0.442. The molecule has 0 aromatic heterocycles. The summed E-state index contributed by atoms with van der Waals surface area (Å²) in [6.07, 6.45) is 0. The molecule has 0 fully saturated rings. The molecule has 0 aliphatic rings. The maximum Gasteiger partial charge on any atom is 0.165 e. The summed E-state index contributed by atoms with van der Waals surface area (Å²) in [4.78, 5) is 0. The SMILES string of the molecule is N#Cc1ccc(Oc2cc(Br)ccc2F)cc1N. The van der Waals surface area contributed by atoms with Gasteiger partial charge in [-0.25, -0.2) is 4.39 Å². The van der Waals surface area contributed by atoms with E-state index in [1.807, 2.05) is 6.07 Å². The van der Waals surface area contributed by atoms with Crippen LogP contribution >= 0.6 is 15.9 Å². The molecule has 5 heteroatoms. The molecule has 0 spiro atoms. The Morgan fingerprint density at radius 1 is 1.22 bits per heavy atom. The van der Waals surface area contributed by atoms with Crippen LogP contribution in [0.15, 0.2) is 40.9 Å². The second kappa shape index (κ2) is 5.07. The van der Waals surface area contributed by atoms with Crippen LogP contribution in [0.3, 0.4) is 0 Å². The van der Waals surface area contributed by atoms with Crippen LogP contribution in [0.1, 0.15) is 5.56 Å². The van der Waals surface area contributed by atoms with E-state index in [0.29, 0.717) is 21.5 Å². The minimum Gasteiger partial charge on any atom is -0.454 e. The maximum atomic E-state index is 13.5. The molecule has 0 aliphatic carbocycles. The third kappa shape index (κ3) is 2.60. The molecule has 0 saturated heterocycles. The van der Waals surface area contributed by atoms with Gasteiger partial charge in [0.25, 0.3) is 0 Å². The van der Waals surface area contributed by atoms with Crippen molar-refractivity contribution in [1.82, 2.24) is 0 Å². The van der Waals surface area contributed by atoms with Gasteiger partial charge in [-0.1, -0.05) is 15.9 Å². The van der Waals surface area contributed by atoms with Crippen LogP contribution in [0.4, 0.5) is 10.1 Å². The van der Waals surface area contributed by atoms with E-state index in [9.17, 15) is 4.39 Å². The molecule has 0 unspecified atom stereocenters. The average Bonchev–Trinajstić information content (AvgIpc) is 2.34. The predicted molar refractivity (Wildman–Crippen MR) is 69.7 cm³/mol. The minimum atomic E-state index is -0.471. The van der Waals surface area contributed by atoms with E-state index < -0.39 is 5.82 Å². The third-order valence-corrected chi connectivity index (χ3v) is 2.76. The van der Waals surface area contributed by atoms with Crippen LogP contribution in [0.5, 0.6) is 11.5 Å². The number of hydrogen-bond acceptors (Lipinski definition) is 3. The molecular formula is C13H8BrFN2O. The molecule has 2 aromatic rings. The smallest absolute Gasteiger partial charge is 0.165 e. The highest BCUT2D eigenvalue weighted by Crippen LogP contribution is 2.29. The number of nitrogens with two attached hydrogens (primary N) is 1. The number of anilines is 1. The van der Waals surface area contributed by atoms with E-state index >= 15 is 0 Å². The predicted octanol–water partition coefficient (Wildman–Crippen LogP) is 3.83. The molecule has 90 valence electrons. The summed E-state index contributed by atoms with van der Waals surface area (Å²) in [5, 5.41) is 8.74. The number of rotatable bonds is 2. The highest BCUT2D eigenvalue weighted by Gasteiger charge is 2.07. The van der Waals surface area contributed by atoms with E-state index in [2.05, 4.69) is 15.9 Å². The van der Waals surface area contributed by atoms with Gasteiger partial charge in [0.2, 0.25) is 0 Å². The van der Waals surface area contributed by atoms with Crippen molar-refractivity contribution in [3.63, 3.8) is 0 Å². The van der Waals surface area contributed by atoms with E-state index in [1.54, 1.807) is 12.1 Å². The van der Waals surface area contributed by atoms with Crippen LogP contribution in [-0.4, -0.2) is 0 Å². The molecule has 0 aliphatic heterocycles. The number of nitriles is 1. The zero-order chi connectivity index (χ0) is 13.1. The summed E-state index contributed by atoms with van der Waals surface area (Å²) in [7, 11) is 0. The minimum absolute atomic E-state index is 0.0912. The number of hydrogen-bond donors (Lipinski definition) is 1. The number of nitrogens with zero attached hydrogens (tertiary/aromatic N) is 1. The lowest BCUT2D eigenvalue weighted by atomic mass is 10.2. The quantitative estimate of drug-likeness (QED) is 0.858. The van der Waals surface area contributed by atoms with Crippen molar-refractivity contribution in [2.24, 2.45) is 0 Å². The molecule has 2 aromatic carbocycles. The summed E-state index contributed by atoms with van der Waals surface area (Å²) in [5.41, 5.74) is 6.30. The fourth-order valence-electron chi connectivity index (χ4n) is 1.39. The van der Waals surface area contributed by atoms with Gasteiger partial charge in [-0.15, -0.1) is 0 Å². The van der Waals surface area contributed by atoms with Gasteiger partial charge in [-0.05, 0) is 30.3 Å². The van der Waals surface area contributed by atoms with Crippen molar-refractivity contribution in [2.45, 2.75) is 0 Å². The molecular weight excluding hydrogens is 299 g/mol. The second-order valence-corrected chi connectivity index (χ2v) is 4.45. The molecule has 0 radical (unpaired) electrons. The summed E-state index contributed by atoms with van der Waals surface area (Å²) >= 11 is 3.23. The molecule has 0 saturated carbocycles. The Hall–Kier alpha value is -2.06. The lowest BCUT2D eigenvalue weighted by Gasteiger charge is -2.08. The van der Waals surface area contributed by atoms with Crippen molar-refractivity contribution in [3.05, 3.63) is 52.3 Å². The second-order valence-electron chi connectivity index (χ2n) is 3.54. The van der Waals surface area contributed by atoms with Gasteiger partial charge >= 0.3 is 0 Å². The first-order valence-electron chi connectivity index (χ1n) is 5.02. The Morgan fingerprint density at radius 2 is 2.00 bits per heavy atom. The molecule has 0 bridgehead atoms. The highest BCUT2D eigenvalue weighted by molar-refractivity contribution is 9.10. The van der Waals surface area contributed by atoms with Gasteiger partial charge in [-0.3, -0.25) is 0 Å². The maximum absolute atomic E-state index is 13.5. The van der Waals surface area contributed by atoms with Gasteiger partial charge in [0.15, 0.2) is 11.6 Å². The fourth-order valence-corrected chi connectivity index (χ4v) is 1.73. The van der Waals surface area contributed by atoms with E-state index in [-0.39, 0.29) is 5.75 Å². The van der Waals surface area contributed by atoms with Crippen molar-refractivity contribution in [3.8, 4) is 17.6 Å². The summed E-state index contributed by atoms with van der Waals surface area (Å²) in [6, 6.07) is 10.9. The van der Waals surface area contributed by atoms with Crippen molar-refractivity contribution in [1.29, 1.82) is 5.26 Å². The molecule has 0 amide bonds. The number of halogens is 2. The molecule has 2 rings (SSSR count).